The van der Waals surface area contributed by atoms with E-state index in [4.69, 9.17) is 0 Å². The molecule has 5 aliphatic rings. The van der Waals surface area contributed by atoms with Gasteiger partial charge in [0.15, 0.2) is 0 Å². The van der Waals surface area contributed by atoms with Crippen LogP contribution in [0.3, 0.4) is 0 Å². The van der Waals surface area contributed by atoms with Crippen molar-refractivity contribution in [1.29, 1.82) is 0 Å². The molecule has 0 radical (unpaired) electrons. The predicted octanol–water partition coefficient (Wildman–Crippen LogP) is 4.16. The van der Waals surface area contributed by atoms with Crippen molar-refractivity contribution < 1.29 is 19.8 Å². The standard InChI is InChI=1S/C26H40O4/c1-14(27)11-21(28)23(30)15(2)18-5-6-19-17-12-22(29)26-13-16(26)7-10-25(26,4)20(17)8-9-24(18,19)3/h15-21,23,28,30H,5-13H2,1-4H3/t15-,16+,17-,18+,19-,20-,21-,23+,24+,25+,26-/m0/s1. The summed E-state index contributed by atoms with van der Waals surface area (Å²) in [7, 11) is 0. The fraction of sp³-hybridized carbons (Fsp3) is 0.923. The zero-order valence-electron chi connectivity index (χ0n) is 19.2. The Balaban J connectivity index is 1.38. The summed E-state index contributed by atoms with van der Waals surface area (Å²) in [4.78, 5) is 24.8. The van der Waals surface area contributed by atoms with Crippen LogP contribution in [0, 0.1) is 51.8 Å². The number of aliphatic hydroxyl groups excluding tert-OH is 2. The average molecular weight is 417 g/mol. The molecule has 1 spiro atoms. The van der Waals surface area contributed by atoms with Crippen molar-refractivity contribution in [3.05, 3.63) is 0 Å². The minimum absolute atomic E-state index is 0.0270. The van der Waals surface area contributed by atoms with Crippen LogP contribution in [-0.2, 0) is 9.59 Å². The van der Waals surface area contributed by atoms with Crippen molar-refractivity contribution >= 4 is 11.6 Å². The third-order valence-electron chi connectivity index (χ3n) is 11.4. The molecule has 4 nitrogen and oxygen atoms in total. The Morgan fingerprint density at radius 2 is 1.83 bits per heavy atom. The molecule has 0 amide bonds. The van der Waals surface area contributed by atoms with Gasteiger partial charge in [-0.3, -0.25) is 9.59 Å². The van der Waals surface area contributed by atoms with E-state index in [1.807, 2.05) is 0 Å². The van der Waals surface area contributed by atoms with Crippen LogP contribution in [0.4, 0.5) is 0 Å². The van der Waals surface area contributed by atoms with E-state index in [2.05, 4.69) is 20.8 Å². The van der Waals surface area contributed by atoms with Gasteiger partial charge in [-0.15, -0.1) is 0 Å². The van der Waals surface area contributed by atoms with Crippen LogP contribution in [0.2, 0.25) is 0 Å². The Labute approximate surface area is 181 Å². The lowest BCUT2D eigenvalue weighted by Crippen LogP contribution is -2.55. The molecule has 0 bridgehead atoms. The Morgan fingerprint density at radius 1 is 1.10 bits per heavy atom. The third-order valence-corrected chi connectivity index (χ3v) is 11.4. The van der Waals surface area contributed by atoms with E-state index in [-0.39, 0.29) is 34.4 Å². The summed E-state index contributed by atoms with van der Waals surface area (Å²) in [5.74, 6) is 3.22. The number of hydrogen-bond donors (Lipinski definition) is 2. The zero-order valence-corrected chi connectivity index (χ0v) is 19.2. The van der Waals surface area contributed by atoms with Gasteiger partial charge in [0.2, 0.25) is 0 Å². The van der Waals surface area contributed by atoms with Gasteiger partial charge in [0.1, 0.15) is 11.6 Å². The molecule has 5 rings (SSSR count). The first-order valence-corrected chi connectivity index (χ1v) is 12.4. The largest absolute Gasteiger partial charge is 0.390 e. The fourth-order valence-corrected chi connectivity index (χ4v) is 9.92. The highest BCUT2D eigenvalue weighted by atomic mass is 16.3. The number of aliphatic hydroxyl groups is 2. The Morgan fingerprint density at radius 3 is 2.50 bits per heavy atom. The first-order valence-electron chi connectivity index (χ1n) is 12.4. The van der Waals surface area contributed by atoms with E-state index in [9.17, 15) is 19.8 Å². The number of carbonyl (C=O) groups is 2. The Bertz CT molecular complexity index is 762. The molecule has 4 heteroatoms. The minimum Gasteiger partial charge on any atom is -0.390 e. The molecule has 0 aromatic carbocycles. The topological polar surface area (TPSA) is 74.6 Å². The van der Waals surface area contributed by atoms with Crippen molar-refractivity contribution in [1.82, 2.24) is 0 Å². The van der Waals surface area contributed by atoms with Gasteiger partial charge in [-0.2, -0.15) is 0 Å². The lowest BCUT2D eigenvalue weighted by Gasteiger charge is -2.58. The van der Waals surface area contributed by atoms with E-state index < -0.39 is 12.2 Å². The van der Waals surface area contributed by atoms with Gasteiger partial charge in [0.25, 0.3) is 0 Å². The highest BCUT2D eigenvalue weighted by molar-refractivity contribution is 5.91. The van der Waals surface area contributed by atoms with E-state index in [1.165, 1.54) is 32.6 Å². The molecular formula is C26H40O4. The normalized spacial score (nSPS) is 51.9. The van der Waals surface area contributed by atoms with E-state index in [0.29, 0.717) is 35.4 Å². The maximum atomic E-state index is 13.4. The van der Waals surface area contributed by atoms with Crippen LogP contribution in [0.1, 0.15) is 85.5 Å². The van der Waals surface area contributed by atoms with E-state index in [1.54, 1.807) is 0 Å². The summed E-state index contributed by atoms with van der Waals surface area (Å²) in [5, 5.41) is 21.2. The van der Waals surface area contributed by atoms with E-state index >= 15 is 0 Å². The minimum atomic E-state index is -0.975. The highest BCUT2D eigenvalue weighted by Gasteiger charge is 2.77. The molecule has 5 aliphatic carbocycles. The highest BCUT2D eigenvalue weighted by Crippen LogP contribution is 2.80. The number of carbonyl (C=O) groups excluding carboxylic acids is 2. The molecular weight excluding hydrogens is 376 g/mol. The summed E-state index contributed by atoms with van der Waals surface area (Å²) in [5.41, 5.74) is 0.389. The molecule has 0 aromatic rings. The van der Waals surface area contributed by atoms with E-state index in [0.717, 1.165) is 25.7 Å². The number of rotatable bonds is 5. The molecule has 30 heavy (non-hydrogen) atoms. The second-order valence-electron chi connectivity index (χ2n) is 12.4. The molecule has 168 valence electrons. The van der Waals surface area contributed by atoms with Crippen LogP contribution in [0.15, 0.2) is 0 Å². The fourth-order valence-electron chi connectivity index (χ4n) is 9.92. The van der Waals surface area contributed by atoms with Gasteiger partial charge in [0, 0.05) is 18.3 Å². The van der Waals surface area contributed by atoms with Crippen molar-refractivity contribution in [2.75, 3.05) is 0 Å². The first-order chi connectivity index (χ1) is 14.1. The lowest BCUT2D eigenvalue weighted by atomic mass is 9.45. The van der Waals surface area contributed by atoms with Gasteiger partial charge in [-0.1, -0.05) is 20.8 Å². The summed E-state index contributed by atoms with van der Waals surface area (Å²) in [6, 6.07) is 0. The molecule has 0 heterocycles. The van der Waals surface area contributed by atoms with Crippen LogP contribution >= 0.6 is 0 Å². The zero-order chi connectivity index (χ0) is 21.6. The summed E-state index contributed by atoms with van der Waals surface area (Å²) >= 11 is 0. The maximum absolute atomic E-state index is 13.4. The van der Waals surface area contributed by atoms with Crippen LogP contribution < -0.4 is 0 Å². The quantitative estimate of drug-likeness (QED) is 0.706. The van der Waals surface area contributed by atoms with Crippen molar-refractivity contribution in [2.24, 2.45) is 51.8 Å². The molecule has 5 saturated carbocycles. The first kappa shape index (κ1) is 21.1. The second kappa shape index (κ2) is 6.63. The number of ketones is 2. The van der Waals surface area contributed by atoms with Crippen molar-refractivity contribution in [3.63, 3.8) is 0 Å². The van der Waals surface area contributed by atoms with Crippen LogP contribution in [0.25, 0.3) is 0 Å². The average Bonchev–Trinajstić information content (AvgIpc) is 3.21. The van der Waals surface area contributed by atoms with Gasteiger partial charge in [0.05, 0.1) is 12.2 Å². The summed E-state index contributed by atoms with van der Waals surface area (Å²) < 4.78 is 0. The predicted molar refractivity (Wildman–Crippen MR) is 115 cm³/mol. The number of fused-ring (bicyclic) bond motifs is 4. The van der Waals surface area contributed by atoms with Crippen molar-refractivity contribution in [3.8, 4) is 0 Å². The molecule has 0 aromatic heterocycles. The van der Waals surface area contributed by atoms with Crippen LogP contribution in [0.5, 0.6) is 0 Å². The Hall–Kier alpha value is -0.740. The van der Waals surface area contributed by atoms with Gasteiger partial charge < -0.3 is 10.2 Å². The molecule has 0 saturated heterocycles. The maximum Gasteiger partial charge on any atom is 0.140 e. The summed E-state index contributed by atoms with van der Waals surface area (Å²) in [6.45, 7) is 8.38. The second-order valence-corrected chi connectivity index (χ2v) is 12.4. The SMILES string of the molecule is CC(=O)C[C@H](O)[C@H](O)[C@@H](C)[C@H]1CC[C@H]2[C@@H]3CC(=O)[C@]45C[C@H]4CC[C@]5(C)[C@H]3CC[C@]12C. The molecule has 5 fully saturated rings. The molecule has 0 aliphatic heterocycles. The Kier molecular flexibility index (Phi) is 4.67. The summed E-state index contributed by atoms with van der Waals surface area (Å²) in [6.07, 6.45) is 7.23. The molecule has 0 unspecified atom stereocenters. The molecule has 11 atom stereocenters. The number of hydrogen-bond acceptors (Lipinski definition) is 4. The van der Waals surface area contributed by atoms with Crippen molar-refractivity contribution in [2.45, 2.75) is 97.7 Å². The number of Topliss-reactive ketones (excluding diaryl/α,β-unsaturated/α-hetero) is 2. The van der Waals surface area contributed by atoms with Crippen LogP contribution in [-0.4, -0.2) is 34.0 Å². The monoisotopic (exact) mass is 416 g/mol. The molecule has 2 N–H and O–H groups in total. The van der Waals surface area contributed by atoms with Gasteiger partial charge in [-0.05, 0) is 98.2 Å². The van der Waals surface area contributed by atoms with Gasteiger partial charge >= 0.3 is 0 Å². The third kappa shape index (κ3) is 2.53. The lowest BCUT2D eigenvalue weighted by molar-refractivity contribution is -0.153. The smallest absolute Gasteiger partial charge is 0.140 e. The van der Waals surface area contributed by atoms with Gasteiger partial charge in [-0.25, -0.2) is 0 Å².